The highest BCUT2D eigenvalue weighted by atomic mass is 31.1. The Morgan fingerprint density at radius 2 is 1.30 bits per heavy atom. The number of nitrogens with zero attached hydrogens (tertiary/aromatic N) is 2. The van der Waals surface area contributed by atoms with Crippen molar-refractivity contribution in [1.82, 2.24) is 4.90 Å². The van der Waals surface area contributed by atoms with Crippen LogP contribution in [0.4, 0.5) is 0 Å². The predicted molar refractivity (Wildman–Crippen MR) is 154 cm³/mol. The van der Waals surface area contributed by atoms with Gasteiger partial charge in [0, 0.05) is 49.5 Å². The Morgan fingerprint density at radius 3 is 1.76 bits per heavy atom. The van der Waals surface area contributed by atoms with Gasteiger partial charge in [0.15, 0.2) is 5.71 Å². The van der Waals surface area contributed by atoms with Crippen LogP contribution in [0.1, 0.15) is 61.8 Å². The normalized spacial score (nSPS) is 16.9. The first-order chi connectivity index (χ1) is 15.3. The van der Waals surface area contributed by atoms with E-state index < -0.39 is 0 Å². The minimum atomic E-state index is -0.276. The molecule has 0 atom stereocenters. The maximum Gasteiger partial charge on any atom is 0.200 e. The van der Waals surface area contributed by atoms with Crippen LogP contribution in [-0.2, 0) is 0 Å². The minimum absolute atomic E-state index is 0.259. The zero-order valence-electron chi connectivity index (χ0n) is 23.2. The van der Waals surface area contributed by atoms with Crippen molar-refractivity contribution in [2.24, 2.45) is 0 Å². The monoisotopic (exact) mass is 485 g/mol. The number of allylic oxidation sites excluding steroid dienone is 8. The highest BCUT2D eigenvalue weighted by molar-refractivity contribution is 7.64. The summed E-state index contributed by atoms with van der Waals surface area (Å²) in [6, 6.07) is 0. The molecule has 0 saturated carbocycles. The topological polar surface area (TPSA) is 6.25 Å². The molecule has 0 amide bonds. The Morgan fingerprint density at radius 1 is 0.788 bits per heavy atom. The number of likely N-dealkylation sites (N-methyl/N-ethyl adjacent to an activating group) is 1. The van der Waals surface area contributed by atoms with Gasteiger partial charge in [-0.2, -0.15) is 0 Å². The van der Waals surface area contributed by atoms with Crippen LogP contribution in [0, 0.1) is 0 Å². The van der Waals surface area contributed by atoms with E-state index in [1.165, 1.54) is 27.9 Å². The van der Waals surface area contributed by atoms with Gasteiger partial charge in [-0.1, -0.05) is 77.3 Å². The molecule has 0 aromatic heterocycles. The van der Waals surface area contributed by atoms with Crippen molar-refractivity contribution in [3.63, 3.8) is 0 Å². The van der Waals surface area contributed by atoms with Gasteiger partial charge in [-0.25, -0.2) is 4.58 Å². The maximum atomic E-state index is 4.00. The summed E-state index contributed by atoms with van der Waals surface area (Å²) in [5.74, 6) is 0. The summed E-state index contributed by atoms with van der Waals surface area (Å²) in [6.07, 6.45) is 12.8. The van der Waals surface area contributed by atoms with Gasteiger partial charge in [0.05, 0.1) is 0 Å². The fourth-order valence-corrected chi connectivity index (χ4v) is 10.9. The molecule has 0 heterocycles. The third-order valence-corrected chi connectivity index (χ3v) is 12.5. The van der Waals surface area contributed by atoms with Crippen molar-refractivity contribution in [2.45, 2.75) is 84.4 Å². The number of hydrogen-bond acceptors (Lipinski definition) is 1. The van der Waals surface area contributed by atoms with Gasteiger partial charge >= 0.3 is 0 Å². The van der Waals surface area contributed by atoms with E-state index in [2.05, 4.69) is 129 Å². The molecular weight excluding hydrogens is 438 g/mol. The molecule has 0 aliphatic heterocycles. The molecule has 2 aliphatic carbocycles. The first-order valence-corrected chi connectivity index (χ1v) is 15.4. The van der Waals surface area contributed by atoms with Crippen molar-refractivity contribution < 1.29 is 4.58 Å². The van der Waals surface area contributed by atoms with E-state index in [4.69, 9.17) is 0 Å². The average molecular weight is 486 g/mol. The van der Waals surface area contributed by atoms with E-state index in [1.807, 2.05) is 0 Å². The fourth-order valence-electron chi connectivity index (χ4n) is 4.84. The fraction of sp³-hybridized carbons (Fsp3) is 0.586. The van der Waals surface area contributed by atoms with Crippen LogP contribution in [0.5, 0.6) is 0 Å². The van der Waals surface area contributed by atoms with E-state index in [1.54, 1.807) is 5.31 Å². The van der Waals surface area contributed by atoms with Gasteiger partial charge in [0.1, 0.15) is 14.1 Å². The van der Waals surface area contributed by atoms with Crippen molar-refractivity contribution >= 4 is 21.6 Å². The van der Waals surface area contributed by atoms with Crippen LogP contribution in [0.25, 0.3) is 0 Å². The second-order valence-corrected chi connectivity index (χ2v) is 17.4. The smallest absolute Gasteiger partial charge is 0.200 e. The molecule has 0 radical (unpaired) electrons. The van der Waals surface area contributed by atoms with Gasteiger partial charge < -0.3 is 4.90 Å². The largest absolute Gasteiger partial charge is 0.378 e. The van der Waals surface area contributed by atoms with Crippen LogP contribution in [0.3, 0.4) is 0 Å². The van der Waals surface area contributed by atoms with Crippen LogP contribution >= 0.6 is 15.8 Å². The molecule has 4 heteroatoms. The maximum absolute atomic E-state index is 4.00. The van der Waals surface area contributed by atoms with Crippen LogP contribution in [0.2, 0.25) is 0 Å². The number of hydrogen-bond donors (Lipinski definition) is 0. The lowest BCUT2D eigenvalue weighted by molar-refractivity contribution is -0.462. The quantitative estimate of drug-likeness (QED) is 0.202. The predicted octanol–water partition coefficient (Wildman–Crippen LogP) is 7.94. The molecule has 2 rings (SSSR count). The van der Waals surface area contributed by atoms with E-state index in [-0.39, 0.29) is 15.8 Å². The molecule has 0 saturated heterocycles. The molecule has 0 N–H and O–H groups in total. The lowest BCUT2D eigenvalue weighted by Gasteiger charge is -2.33. The molecule has 0 fully saturated rings. The Kier molecular flexibility index (Phi) is 10.2. The van der Waals surface area contributed by atoms with Gasteiger partial charge in [-0.15, -0.1) is 5.73 Å². The Hall–Kier alpha value is -1.19. The van der Waals surface area contributed by atoms with Crippen LogP contribution < -0.4 is 0 Å². The van der Waals surface area contributed by atoms with Gasteiger partial charge in [0.2, 0.25) is 0 Å². The van der Waals surface area contributed by atoms with Gasteiger partial charge in [0.25, 0.3) is 0 Å². The standard InChI is InChI=1S/C29H47N2P2/c1-20(2)32(21(3)4)28-18-26(30(9)10)15-13-24(28)17-25-14-16-27(31(11)12)19-29(25)33(22(5)6)23(7)8/h13,15-16,18-23H,14H2,1-12H3/q+1. The zero-order chi connectivity index (χ0) is 25.0. The van der Waals surface area contributed by atoms with Gasteiger partial charge in [-0.05, 0) is 45.4 Å². The van der Waals surface area contributed by atoms with Crippen molar-refractivity contribution in [2.75, 3.05) is 28.2 Å². The van der Waals surface area contributed by atoms with Crippen LogP contribution in [-0.4, -0.2) is 66.0 Å². The zero-order valence-corrected chi connectivity index (χ0v) is 25.0. The van der Waals surface area contributed by atoms with E-state index >= 15 is 0 Å². The van der Waals surface area contributed by atoms with E-state index in [0.29, 0.717) is 22.6 Å². The molecule has 0 unspecified atom stereocenters. The summed E-state index contributed by atoms with van der Waals surface area (Å²) < 4.78 is 2.23. The average Bonchev–Trinajstić information content (AvgIpc) is 2.68. The Labute approximate surface area is 207 Å². The van der Waals surface area contributed by atoms with Crippen molar-refractivity contribution in [3.8, 4) is 0 Å². The lowest BCUT2D eigenvalue weighted by Crippen LogP contribution is -2.16. The van der Waals surface area contributed by atoms with E-state index in [0.717, 1.165) is 6.42 Å². The van der Waals surface area contributed by atoms with E-state index in [9.17, 15) is 0 Å². The summed E-state index contributed by atoms with van der Waals surface area (Å²) in [6.45, 7) is 19.1. The first kappa shape index (κ1) is 28.1. The van der Waals surface area contributed by atoms with Gasteiger partial charge in [-0.3, -0.25) is 0 Å². The van der Waals surface area contributed by atoms with Crippen molar-refractivity contribution in [1.29, 1.82) is 0 Å². The molecule has 0 spiro atoms. The number of rotatable bonds is 7. The Bertz CT molecular complexity index is 926. The second-order valence-electron chi connectivity index (χ2n) is 10.6. The molecule has 0 aromatic rings. The molecule has 0 bridgehead atoms. The Balaban J connectivity index is 2.79. The first-order valence-electron chi connectivity index (χ1n) is 12.5. The second kappa shape index (κ2) is 12.0. The molecule has 2 nitrogen and oxygen atoms in total. The summed E-state index contributed by atoms with van der Waals surface area (Å²) in [4.78, 5) is 2.25. The summed E-state index contributed by atoms with van der Waals surface area (Å²) >= 11 is 0. The summed E-state index contributed by atoms with van der Waals surface area (Å²) in [7, 11) is 8.06. The molecule has 2 aliphatic rings. The highest BCUT2D eigenvalue weighted by Crippen LogP contribution is 2.59. The third-order valence-electron chi connectivity index (χ3n) is 6.19. The molecular formula is C29H47N2P2+. The third kappa shape index (κ3) is 6.92. The molecule has 182 valence electrons. The summed E-state index contributed by atoms with van der Waals surface area (Å²) in [5.41, 5.74) is 11.9. The lowest BCUT2D eigenvalue weighted by atomic mass is 10.0. The minimum Gasteiger partial charge on any atom is -0.378 e. The highest BCUT2D eigenvalue weighted by Gasteiger charge is 2.29. The SMILES string of the molecule is CC(C)P(C1=CC(=[N+](C)C)C=CC1=C=C1CC=C(N(C)C)C=C1P(C(C)C)C(C)C)C(C)C. The van der Waals surface area contributed by atoms with Crippen LogP contribution in [0.15, 0.2) is 63.6 Å². The van der Waals surface area contributed by atoms with Crippen molar-refractivity contribution in [3.05, 3.63) is 63.6 Å². The molecule has 0 aromatic carbocycles. The molecule has 33 heavy (non-hydrogen) atoms. The summed E-state index contributed by atoms with van der Waals surface area (Å²) in [5, 5.41) is 3.05.